The second kappa shape index (κ2) is 6.49. The van der Waals surface area contributed by atoms with Crippen molar-refractivity contribution in [1.29, 1.82) is 0 Å². The van der Waals surface area contributed by atoms with Gasteiger partial charge in [-0.2, -0.15) is 0 Å². The summed E-state index contributed by atoms with van der Waals surface area (Å²) in [4.78, 5) is 15.6. The summed E-state index contributed by atoms with van der Waals surface area (Å²) in [6, 6.07) is 1.49. The van der Waals surface area contributed by atoms with Crippen LogP contribution in [0.1, 0.15) is 16.8 Å². The van der Waals surface area contributed by atoms with E-state index in [0.717, 1.165) is 6.42 Å². The van der Waals surface area contributed by atoms with Crippen molar-refractivity contribution in [3.05, 3.63) is 40.4 Å². The number of carbonyl (C=O) groups is 1. The molecule has 0 aliphatic rings. The second-order valence-electron chi connectivity index (χ2n) is 3.77. The maximum atomic E-state index is 11.8. The minimum atomic E-state index is -0.232. The lowest BCUT2D eigenvalue weighted by Gasteiger charge is -2.05. The molecule has 2 heterocycles. The normalized spacial score (nSPS) is 10.4. The highest BCUT2D eigenvalue weighted by molar-refractivity contribution is 6.41. The van der Waals surface area contributed by atoms with Gasteiger partial charge in [0.2, 0.25) is 0 Å². The molecule has 0 unspecified atom stereocenters. The Morgan fingerprint density at radius 3 is 2.95 bits per heavy atom. The highest BCUT2D eigenvalue weighted by Crippen LogP contribution is 2.19. The van der Waals surface area contributed by atoms with E-state index >= 15 is 0 Å². The van der Waals surface area contributed by atoms with Gasteiger partial charge in [0.15, 0.2) is 0 Å². The number of amides is 1. The van der Waals surface area contributed by atoms with Crippen molar-refractivity contribution in [2.45, 2.75) is 13.0 Å². The topological polar surface area (TPSA) is 72.7 Å². The third-order valence-corrected chi connectivity index (χ3v) is 3.07. The third-order valence-electron chi connectivity index (χ3n) is 2.38. The second-order valence-corrected chi connectivity index (χ2v) is 4.54. The summed E-state index contributed by atoms with van der Waals surface area (Å²) in [7, 11) is 0. The first kappa shape index (κ1) is 13.8. The van der Waals surface area contributed by atoms with Crippen molar-refractivity contribution in [2.75, 3.05) is 6.54 Å². The lowest BCUT2D eigenvalue weighted by molar-refractivity contribution is 0.0952. The predicted octanol–water partition coefficient (Wildman–Crippen LogP) is 1.80. The molecule has 2 rings (SSSR count). The van der Waals surface area contributed by atoms with Gasteiger partial charge in [0.25, 0.3) is 5.91 Å². The molecule has 2 aromatic rings. The lowest BCUT2D eigenvalue weighted by atomic mass is 10.2. The average molecular weight is 300 g/mol. The molecule has 1 amide bonds. The number of aryl methyl sites for hydroxylation is 1. The van der Waals surface area contributed by atoms with Gasteiger partial charge in [0, 0.05) is 25.5 Å². The maximum absolute atomic E-state index is 11.8. The number of nitrogens with zero attached hydrogens (tertiary/aromatic N) is 4. The molecular weight excluding hydrogens is 289 g/mol. The fourth-order valence-corrected chi connectivity index (χ4v) is 1.71. The van der Waals surface area contributed by atoms with E-state index in [-0.39, 0.29) is 16.1 Å². The van der Waals surface area contributed by atoms with Crippen molar-refractivity contribution in [2.24, 2.45) is 0 Å². The highest BCUT2D eigenvalue weighted by Gasteiger charge is 2.08. The van der Waals surface area contributed by atoms with E-state index in [1.165, 1.54) is 12.3 Å². The van der Waals surface area contributed by atoms with E-state index in [9.17, 15) is 4.79 Å². The van der Waals surface area contributed by atoms with Crippen LogP contribution in [0.3, 0.4) is 0 Å². The number of nitrogens with one attached hydrogen (secondary N) is 1. The highest BCUT2D eigenvalue weighted by atomic mass is 35.5. The van der Waals surface area contributed by atoms with Crippen LogP contribution >= 0.6 is 23.2 Å². The summed E-state index contributed by atoms with van der Waals surface area (Å²) >= 11 is 11.5. The van der Waals surface area contributed by atoms with Crippen LogP contribution in [0.15, 0.2) is 24.7 Å². The Bertz CT molecular complexity index is 558. The van der Waals surface area contributed by atoms with Gasteiger partial charge in [-0.3, -0.25) is 9.48 Å². The van der Waals surface area contributed by atoms with Crippen molar-refractivity contribution in [1.82, 2.24) is 25.3 Å². The molecule has 0 spiro atoms. The minimum Gasteiger partial charge on any atom is -0.352 e. The lowest BCUT2D eigenvalue weighted by Crippen LogP contribution is -2.25. The van der Waals surface area contributed by atoms with Gasteiger partial charge >= 0.3 is 0 Å². The molecular formula is C11H11Cl2N5O. The van der Waals surface area contributed by atoms with Crippen LogP contribution in [0.4, 0.5) is 0 Å². The molecule has 19 heavy (non-hydrogen) atoms. The number of aromatic nitrogens is 4. The minimum absolute atomic E-state index is 0.185. The van der Waals surface area contributed by atoms with E-state index in [0.29, 0.717) is 18.7 Å². The fourth-order valence-electron chi connectivity index (χ4n) is 1.44. The van der Waals surface area contributed by atoms with Crippen molar-refractivity contribution >= 4 is 29.1 Å². The summed E-state index contributed by atoms with van der Waals surface area (Å²) in [6.45, 7) is 1.22. The van der Waals surface area contributed by atoms with Crippen LogP contribution in [-0.2, 0) is 6.54 Å². The third kappa shape index (κ3) is 3.90. The molecule has 0 aliphatic heterocycles. The van der Waals surface area contributed by atoms with Gasteiger partial charge in [-0.1, -0.05) is 28.4 Å². The Kier molecular flexibility index (Phi) is 4.70. The molecule has 0 saturated heterocycles. The van der Waals surface area contributed by atoms with Gasteiger partial charge in [-0.25, -0.2) is 4.98 Å². The van der Waals surface area contributed by atoms with Crippen molar-refractivity contribution in [3.63, 3.8) is 0 Å². The molecule has 0 atom stereocenters. The molecule has 0 fully saturated rings. The van der Waals surface area contributed by atoms with Crippen molar-refractivity contribution in [3.8, 4) is 0 Å². The van der Waals surface area contributed by atoms with Gasteiger partial charge in [0.05, 0.1) is 16.8 Å². The quantitative estimate of drug-likeness (QED) is 0.675. The van der Waals surface area contributed by atoms with Crippen LogP contribution in [0, 0.1) is 0 Å². The summed E-state index contributed by atoms with van der Waals surface area (Å²) in [5.41, 5.74) is 0.384. The van der Waals surface area contributed by atoms with Gasteiger partial charge in [0.1, 0.15) is 5.15 Å². The SMILES string of the molecule is O=C(NCCCn1ccnn1)c1cnc(Cl)c(Cl)c1. The Labute approximate surface area is 119 Å². The summed E-state index contributed by atoms with van der Waals surface area (Å²) in [5, 5.41) is 10.7. The van der Waals surface area contributed by atoms with Gasteiger partial charge in [-0.05, 0) is 12.5 Å². The van der Waals surface area contributed by atoms with E-state index in [1.54, 1.807) is 17.1 Å². The van der Waals surface area contributed by atoms with E-state index < -0.39 is 0 Å². The summed E-state index contributed by atoms with van der Waals surface area (Å²) < 4.78 is 1.70. The summed E-state index contributed by atoms with van der Waals surface area (Å²) in [5.74, 6) is -0.232. The molecule has 0 bridgehead atoms. The first-order chi connectivity index (χ1) is 9.16. The maximum Gasteiger partial charge on any atom is 0.252 e. The molecule has 1 N–H and O–H groups in total. The molecule has 0 saturated carbocycles. The number of carbonyl (C=O) groups excluding carboxylic acids is 1. The molecule has 8 heteroatoms. The van der Waals surface area contributed by atoms with Crippen LogP contribution in [0.25, 0.3) is 0 Å². The molecule has 6 nitrogen and oxygen atoms in total. The Morgan fingerprint density at radius 2 is 2.26 bits per heavy atom. The zero-order valence-electron chi connectivity index (χ0n) is 9.88. The fraction of sp³-hybridized carbons (Fsp3) is 0.273. The zero-order chi connectivity index (χ0) is 13.7. The number of halogens is 2. The van der Waals surface area contributed by atoms with Gasteiger partial charge in [-0.15, -0.1) is 5.10 Å². The van der Waals surface area contributed by atoms with Crippen LogP contribution in [0.5, 0.6) is 0 Å². The van der Waals surface area contributed by atoms with Crippen LogP contribution < -0.4 is 5.32 Å². The number of hydrogen-bond donors (Lipinski definition) is 1. The Hall–Kier alpha value is -1.66. The van der Waals surface area contributed by atoms with Crippen molar-refractivity contribution < 1.29 is 4.79 Å². The van der Waals surface area contributed by atoms with E-state index in [1.807, 2.05) is 0 Å². The number of hydrogen-bond acceptors (Lipinski definition) is 4. The molecule has 0 radical (unpaired) electrons. The average Bonchev–Trinajstić information content (AvgIpc) is 2.91. The first-order valence-corrected chi connectivity index (χ1v) is 6.36. The zero-order valence-corrected chi connectivity index (χ0v) is 11.4. The van der Waals surface area contributed by atoms with Gasteiger partial charge < -0.3 is 5.32 Å². The monoisotopic (exact) mass is 299 g/mol. The predicted molar refractivity (Wildman–Crippen MR) is 71.2 cm³/mol. The molecule has 100 valence electrons. The largest absolute Gasteiger partial charge is 0.352 e. The van der Waals surface area contributed by atoms with Crippen LogP contribution in [-0.4, -0.2) is 32.4 Å². The number of rotatable bonds is 5. The van der Waals surface area contributed by atoms with E-state index in [2.05, 4.69) is 20.6 Å². The standard InChI is InChI=1S/C11H11Cl2N5O/c12-9-6-8(7-15-10(9)13)11(19)14-2-1-4-18-5-3-16-17-18/h3,5-7H,1-2,4H2,(H,14,19). The Balaban J connectivity index is 1.79. The Morgan fingerprint density at radius 1 is 1.42 bits per heavy atom. The smallest absolute Gasteiger partial charge is 0.252 e. The molecule has 0 aromatic carbocycles. The summed E-state index contributed by atoms with van der Waals surface area (Å²) in [6.07, 6.45) is 5.52. The van der Waals surface area contributed by atoms with Crippen LogP contribution in [0.2, 0.25) is 10.2 Å². The molecule has 2 aromatic heterocycles. The first-order valence-electron chi connectivity index (χ1n) is 5.60. The number of pyridine rings is 1. The molecule has 0 aliphatic carbocycles. The van der Waals surface area contributed by atoms with E-state index in [4.69, 9.17) is 23.2 Å².